The molecule has 0 aliphatic heterocycles. The third kappa shape index (κ3) is 4.34. The van der Waals surface area contributed by atoms with Crippen LogP contribution in [-0.2, 0) is 9.53 Å². The number of carbonyl (C=O) groups excluding carboxylic acids is 2. The summed E-state index contributed by atoms with van der Waals surface area (Å²) in [6, 6.07) is 3.91. The van der Waals surface area contributed by atoms with E-state index >= 15 is 0 Å². The molecule has 0 saturated heterocycles. The van der Waals surface area contributed by atoms with Gasteiger partial charge in [-0.25, -0.2) is 4.39 Å². The van der Waals surface area contributed by atoms with Gasteiger partial charge in [0.25, 0.3) is 5.91 Å². The molecule has 0 saturated carbocycles. The Hall–Kier alpha value is -0.450. The van der Waals surface area contributed by atoms with Gasteiger partial charge in [-0.3, -0.25) is 9.59 Å². The van der Waals surface area contributed by atoms with Crippen molar-refractivity contribution < 1.29 is 18.7 Å². The fraction of sp³-hybridized carbons (Fsp3) is 0.273. The van der Waals surface area contributed by atoms with Gasteiger partial charge >= 0.3 is 5.97 Å². The van der Waals surface area contributed by atoms with Gasteiger partial charge in [0.15, 0.2) is 0 Å². The highest BCUT2D eigenvalue weighted by Crippen LogP contribution is 2.14. The number of nitrogens with one attached hydrogen (secondary N) is 1. The predicted octanol–water partition coefficient (Wildman–Crippen LogP) is 2.14. The SMILES string of the molecule is COC(=O)C(I)CNC(=O)c1ccc(F)cc1I. The molecule has 1 aromatic carbocycles. The molecule has 1 rings (SSSR count). The van der Waals surface area contributed by atoms with E-state index < -0.39 is 15.7 Å². The summed E-state index contributed by atoms with van der Waals surface area (Å²) < 4.78 is 17.5. The van der Waals surface area contributed by atoms with Gasteiger partial charge in [0.05, 0.1) is 12.7 Å². The second kappa shape index (κ2) is 7.22. The Balaban J connectivity index is 2.63. The molecule has 0 aromatic heterocycles. The van der Waals surface area contributed by atoms with Gasteiger partial charge in [-0.2, -0.15) is 0 Å². The first-order valence-electron chi connectivity index (χ1n) is 4.91. The lowest BCUT2D eigenvalue weighted by Gasteiger charge is -2.10. The minimum Gasteiger partial charge on any atom is -0.468 e. The van der Waals surface area contributed by atoms with Crippen LogP contribution in [0.1, 0.15) is 10.4 Å². The molecule has 98 valence electrons. The monoisotopic (exact) mass is 477 g/mol. The molecule has 1 aromatic rings. The number of hydrogen-bond donors (Lipinski definition) is 1. The Morgan fingerprint density at radius 3 is 2.72 bits per heavy atom. The van der Waals surface area contributed by atoms with Crippen LogP contribution < -0.4 is 5.32 Å². The van der Waals surface area contributed by atoms with Crippen LogP contribution in [0.15, 0.2) is 18.2 Å². The zero-order valence-electron chi connectivity index (χ0n) is 9.38. The first-order valence-corrected chi connectivity index (χ1v) is 7.23. The van der Waals surface area contributed by atoms with Gasteiger partial charge in [0.2, 0.25) is 0 Å². The number of halogens is 3. The standard InChI is InChI=1S/C11H10FI2NO3/c1-18-11(17)9(14)5-15-10(16)7-3-2-6(12)4-8(7)13/h2-4,9H,5H2,1H3,(H,15,16). The normalized spacial score (nSPS) is 11.8. The largest absolute Gasteiger partial charge is 0.468 e. The molecule has 0 bridgehead atoms. The number of ether oxygens (including phenoxy) is 1. The minimum atomic E-state index is -0.449. The molecule has 18 heavy (non-hydrogen) atoms. The molecule has 1 amide bonds. The number of carbonyl (C=O) groups is 2. The van der Waals surface area contributed by atoms with E-state index in [0.717, 1.165) is 0 Å². The Bertz CT molecular complexity index is 468. The van der Waals surface area contributed by atoms with E-state index in [2.05, 4.69) is 10.1 Å². The molecule has 0 aliphatic rings. The lowest BCUT2D eigenvalue weighted by atomic mass is 10.2. The van der Waals surface area contributed by atoms with Crippen molar-refractivity contribution in [3.63, 3.8) is 0 Å². The van der Waals surface area contributed by atoms with Crippen LogP contribution in [0.25, 0.3) is 0 Å². The number of benzene rings is 1. The molecule has 4 nitrogen and oxygen atoms in total. The Morgan fingerprint density at radius 2 is 2.17 bits per heavy atom. The van der Waals surface area contributed by atoms with Gasteiger partial charge in [0, 0.05) is 10.1 Å². The van der Waals surface area contributed by atoms with Gasteiger partial charge < -0.3 is 10.1 Å². The maximum absolute atomic E-state index is 12.9. The van der Waals surface area contributed by atoms with Crippen molar-refractivity contribution in [1.82, 2.24) is 5.32 Å². The van der Waals surface area contributed by atoms with Crippen LogP contribution >= 0.6 is 45.2 Å². The van der Waals surface area contributed by atoms with Crippen LogP contribution in [-0.4, -0.2) is 29.5 Å². The number of methoxy groups -OCH3 is 1. The molecule has 0 spiro atoms. The van der Waals surface area contributed by atoms with E-state index in [1.54, 1.807) is 0 Å². The first-order chi connectivity index (χ1) is 8.45. The molecule has 0 radical (unpaired) electrons. The zero-order chi connectivity index (χ0) is 13.7. The molecule has 0 heterocycles. The van der Waals surface area contributed by atoms with Crippen molar-refractivity contribution in [1.29, 1.82) is 0 Å². The summed E-state index contributed by atoms with van der Waals surface area (Å²) in [5.74, 6) is -1.13. The highest BCUT2D eigenvalue weighted by atomic mass is 127. The fourth-order valence-electron chi connectivity index (χ4n) is 1.16. The zero-order valence-corrected chi connectivity index (χ0v) is 13.7. The van der Waals surface area contributed by atoms with Crippen molar-refractivity contribution in [2.75, 3.05) is 13.7 Å². The van der Waals surface area contributed by atoms with Crippen LogP contribution in [0, 0.1) is 9.39 Å². The van der Waals surface area contributed by atoms with Crippen LogP contribution in [0.3, 0.4) is 0 Å². The average molecular weight is 477 g/mol. The minimum absolute atomic E-state index is 0.166. The quantitative estimate of drug-likeness (QED) is 0.411. The van der Waals surface area contributed by atoms with Crippen molar-refractivity contribution in [2.24, 2.45) is 0 Å². The molecule has 1 atom stereocenters. The smallest absolute Gasteiger partial charge is 0.320 e. The van der Waals surface area contributed by atoms with Crippen molar-refractivity contribution in [2.45, 2.75) is 3.92 Å². The average Bonchev–Trinajstić information content (AvgIpc) is 2.34. The van der Waals surface area contributed by atoms with E-state index in [0.29, 0.717) is 9.13 Å². The highest BCUT2D eigenvalue weighted by Gasteiger charge is 2.17. The molecule has 1 N–H and O–H groups in total. The number of alkyl halides is 1. The molecule has 7 heteroatoms. The number of amides is 1. The topological polar surface area (TPSA) is 55.4 Å². The Labute approximate surface area is 131 Å². The lowest BCUT2D eigenvalue weighted by molar-refractivity contribution is -0.139. The molecule has 1 unspecified atom stereocenters. The maximum atomic E-state index is 12.9. The van der Waals surface area contributed by atoms with Gasteiger partial charge in [-0.1, -0.05) is 22.6 Å². The van der Waals surface area contributed by atoms with E-state index in [1.807, 2.05) is 45.2 Å². The lowest BCUT2D eigenvalue weighted by Crippen LogP contribution is -2.34. The summed E-state index contributed by atoms with van der Waals surface area (Å²) in [5.41, 5.74) is 0.380. The van der Waals surface area contributed by atoms with Gasteiger partial charge in [0.1, 0.15) is 9.74 Å². The number of hydrogen-bond acceptors (Lipinski definition) is 3. The van der Waals surface area contributed by atoms with E-state index in [1.165, 1.54) is 25.3 Å². The van der Waals surface area contributed by atoms with Crippen molar-refractivity contribution >= 4 is 57.1 Å². The third-order valence-electron chi connectivity index (χ3n) is 2.07. The maximum Gasteiger partial charge on any atom is 0.320 e. The summed E-state index contributed by atoms with van der Waals surface area (Å²) in [6.45, 7) is 0.166. The summed E-state index contributed by atoms with van der Waals surface area (Å²) in [6.07, 6.45) is 0. The molecule has 0 aliphatic carbocycles. The Kier molecular flexibility index (Phi) is 6.26. The van der Waals surface area contributed by atoms with Crippen LogP contribution in [0.5, 0.6) is 0 Å². The van der Waals surface area contributed by atoms with E-state index in [4.69, 9.17) is 0 Å². The number of rotatable bonds is 4. The molecular weight excluding hydrogens is 467 g/mol. The van der Waals surface area contributed by atoms with E-state index in [9.17, 15) is 14.0 Å². The second-order valence-electron chi connectivity index (χ2n) is 3.32. The first kappa shape index (κ1) is 15.6. The van der Waals surface area contributed by atoms with Crippen LogP contribution in [0.2, 0.25) is 0 Å². The molecule has 0 fully saturated rings. The van der Waals surface area contributed by atoms with Crippen LogP contribution in [0.4, 0.5) is 4.39 Å². The highest BCUT2D eigenvalue weighted by molar-refractivity contribution is 14.1. The van der Waals surface area contributed by atoms with Crippen molar-refractivity contribution in [3.05, 3.63) is 33.1 Å². The Morgan fingerprint density at radius 1 is 1.50 bits per heavy atom. The van der Waals surface area contributed by atoms with Gasteiger partial charge in [-0.15, -0.1) is 0 Å². The van der Waals surface area contributed by atoms with Gasteiger partial charge in [-0.05, 0) is 40.8 Å². The summed E-state index contributed by atoms with van der Waals surface area (Å²) in [7, 11) is 1.29. The molecular formula is C11H10FI2NO3. The summed E-state index contributed by atoms with van der Waals surface area (Å²) in [4.78, 5) is 22.9. The van der Waals surface area contributed by atoms with Crippen molar-refractivity contribution in [3.8, 4) is 0 Å². The van der Waals surface area contributed by atoms with E-state index in [-0.39, 0.29) is 12.5 Å². The fourth-order valence-corrected chi connectivity index (χ4v) is 2.36. The predicted molar refractivity (Wildman–Crippen MR) is 81.3 cm³/mol. The third-order valence-corrected chi connectivity index (χ3v) is 3.92. The summed E-state index contributed by atoms with van der Waals surface area (Å²) >= 11 is 3.77. The summed E-state index contributed by atoms with van der Waals surface area (Å²) in [5, 5.41) is 2.60. The number of esters is 1. The second-order valence-corrected chi connectivity index (χ2v) is 5.99.